The minimum Gasteiger partial charge on any atom is -0.507 e. The summed E-state index contributed by atoms with van der Waals surface area (Å²) in [5.74, 6) is -1.04. The number of aromatic hydroxyl groups is 1. The van der Waals surface area contributed by atoms with Gasteiger partial charge in [0.2, 0.25) is 0 Å². The second-order valence-electron chi connectivity index (χ2n) is 5.13. The minimum absolute atomic E-state index is 0.00238. The number of para-hydroxylation sites is 1. The van der Waals surface area contributed by atoms with E-state index in [1.807, 2.05) is 6.92 Å². The molecule has 1 heterocycles. The minimum atomic E-state index is -0.532. The van der Waals surface area contributed by atoms with Crippen molar-refractivity contribution in [2.24, 2.45) is 0 Å². The van der Waals surface area contributed by atoms with Crippen LogP contribution in [0.25, 0.3) is 6.08 Å². The molecule has 5 nitrogen and oxygen atoms in total. The maximum Gasteiger partial charge on any atom is 0.282 e. The van der Waals surface area contributed by atoms with Crippen LogP contribution in [0.5, 0.6) is 5.75 Å². The molecule has 6 heteroatoms. The smallest absolute Gasteiger partial charge is 0.282 e. The third kappa shape index (κ3) is 2.78. The molecule has 0 atom stereocenters. The summed E-state index contributed by atoms with van der Waals surface area (Å²) in [5.41, 5.74) is 4.18. The number of aryl methyl sites for hydroxylation is 1. The number of hydrogen-bond donors (Lipinski definition) is 2. The summed E-state index contributed by atoms with van der Waals surface area (Å²) in [6.07, 6.45) is 1.36. The predicted molar refractivity (Wildman–Crippen MR) is 87.9 cm³/mol. The maximum absolute atomic E-state index is 12.5. The Bertz CT molecular complexity index is 845. The lowest BCUT2D eigenvalue weighted by molar-refractivity contribution is -0.117. The molecule has 116 valence electrons. The van der Waals surface area contributed by atoms with E-state index in [4.69, 9.17) is 11.6 Å². The van der Waals surface area contributed by atoms with Crippen LogP contribution in [0.3, 0.4) is 0 Å². The lowest BCUT2D eigenvalue weighted by atomic mass is 10.1. The largest absolute Gasteiger partial charge is 0.507 e. The van der Waals surface area contributed by atoms with E-state index in [9.17, 15) is 14.7 Å². The van der Waals surface area contributed by atoms with Gasteiger partial charge in [-0.3, -0.25) is 15.0 Å². The topological polar surface area (TPSA) is 69.6 Å². The molecule has 0 aliphatic carbocycles. The number of phenols is 1. The molecule has 2 aromatic carbocycles. The van der Waals surface area contributed by atoms with Crippen molar-refractivity contribution in [3.8, 4) is 5.75 Å². The van der Waals surface area contributed by atoms with Crippen molar-refractivity contribution in [1.29, 1.82) is 0 Å². The number of carbonyl (C=O) groups excluding carboxylic acids is 2. The molecule has 2 amide bonds. The van der Waals surface area contributed by atoms with Crippen molar-refractivity contribution in [2.75, 3.05) is 5.01 Å². The van der Waals surface area contributed by atoms with Gasteiger partial charge in [-0.1, -0.05) is 35.9 Å². The van der Waals surface area contributed by atoms with E-state index in [1.165, 1.54) is 12.1 Å². The fourth-order valence-electron chi connectivity index (χ4n) is 2.23. The van der Waals surface area contributed by atoms with Gasteiger partial charge < -0.3 is 5.11 Å². The molecule has 1 fully saturated rings. The number of phenolic OH excluding ortho intramolecular Hbond substituents is 1. The Morgan fingerprint density at radius 2 is 1.91 bits per heavy atom. The molecule has 1 aliphatic heterocycles. The number of amides is 2. The molecule has 0 bridgehead atoms. The van der Waals surface area contributed by atoms with Gasteiger partial charge in [-0.25, -0.2) is 5.01 Å². The van der Waals surface area contributed by atoms with Gasteiger partial charge in [0.1, 0.15) is 11.3 Å². The van der Waals surface area contributed by atoms with Crippen LogP contribution in [-0.4, -0.2) is 16.9 Å². The summed E-state index contributed by atoms with van der Waals surface area (Å²) in [4.78, 5) is 24.6. The van der Waals surface area contributed by atoms with E-state index in [2.05, 4.69) is 5.43 Å². The van der Waals surface area contributed by atoms with E-state index in [1.54, 1.807) is 36.4 Å². The van der Waals surface area contributed by atoms with Gasteiger partial charge in [-0.15, -0.1) is 0 Å². The third-order valence-corrected chi connectivity index (χ3v) is 3.95. The first-order valence-corrected chi connectivity index (χ1v) is 7.26. The highest BCUT2D eigenvalue weighted by Gasteiger charge is 2.34. The Labute approximate surface area is 137 Å². The number of nitrogens with zero attached hydrogens (tertiary/aromatic N) is 1. The number of hydrazine groups is 1. The standard InChI is InChI=1S/C17H13ClN2O3/c1-10-6-7-12(9-14(10)18)20-17(23)13(16(22)19-20)8-11-4-2-3-5-15(11)21/h2-9,21H,1H3,(H,19,22)/b13-8-. The SMILES string of the molecule is Cc1ccc(N2NC(=O)/C(=C/c3ccccc3O)C2=O)cc1Cl. The maximum atomic E-state index is 12.5. The molecule has 0 aromatic heterocycles. The summed E-state index contributed by atoms with van der Waals surface area (Å²) in [5, 5.41) is 11.4. The van der Waals surface area contributed by atoms with E-state index in [0.29, 0.717) is 16.3 Å². The monoisotopic (exact) mass is 328 g/mol. The van der Waals surface area contributed by atoms with Gasteiger partial charge in [-0.05, 0) is 36.8 Å². The first-order chi connectivity index (χ1) is 11.0. The van der Waals surface area contributed by atoms with Crippen molar-refractivity contribution in [2.45, 2.75) is 6.92 Å². The highest BCUT2D eigenvalue weighted by Crippen LogP contribution is 2.27. The first-order valence-electron chi connectivity index (χ1n) is 6.88. The Morgan fingerprint density at radius 3 is 2.61 bits per heavy atom. The van der Waals surface area contributed by atoms with Crippen molar-refractivity contribution >= 4 is 35.2 Å². The molecule has 23 heavy (non-hydrogen) atoms. The normalized spacial score (nSPS) is 16.1. The van der Waals surface area contributed by atoms with Crippen LogP contribution in [0, 0.1) is 6.92 Å². The summed E-state index contributed by atoms with van der Waals surface area (Å²) in [7, 11) is 0. The molecular weight excluding hydrogens is 316 g/mol. The van der Waals surface area contributed by atoms with Crippen molar-refractivity contribution < 1.29 is 14.7 Å². The van der Waals surface area contributed by atoms with Gasteiger partial charge in [0.25, 0.3) is 11.8 Å². The Kier molecular flexibility index (Phi) is 3.80. The zero-order chi connectivity index (χ0) is 16.6. The first kappa shape index (κ1) is 15.1. The van der Waals surface area contributed by atoms with Crippen LogP contribution in [0.15, 0.2) is 48.0 Å². The zero-order valence-electron chi connectivity index (χ0n) is 12.2. The number of hydrogen-bond acceptors (Lipinski definition) is 3. The van der Waals surface area contributed by atoms with E-state index >= 15 is 0 Å². The van der Waals surface area contributed by atoms with E-state index in [-0.39, 0.29) is 11.3 Å². The number of halogens is 1. The van der Waals surface area contributed by atoms with Crippen LogP contribution in [0.1, 0.15) is 11.1 Å². The molecule has 0 unspecified atom stereocenters. The van der Waals surface area contributed by atoms with Gasteiger partial charge in [0.15, 0.2) is 0 Å². The quantitative estimate of drug-likeness (QED) is 0.658. The van der Waals surface area contributed by atoms with E-state index in [0.717, 1.165) is 10.6 Å². The van der Waals surface area contributed by atoms with Crippen LogP contribution in [0.2, 0.25) is 5.02 Å². The van der Waals surface area contributed by atoms with Crippen LogP contribution < -0.4 is 10.4 Å². The number of rotatable bonds is 2. The molecule has 0 spiro atoms. The lowest BCUT2D eigenvalue weighted by Gasteiger charge is -2.15. The molecular formula is C17H13ClN2O3. The predicted octanol–water partition coefficient (Wildman–Crippen LogP) is 2.82. The molecule has 2 aromatic rings. The summed E-state index contributed by atoms with van der Waals surface area (Å²) in [6.45, 7) is 1.85. The average Bonchev–Trinajstić information content (AvgIpc) is 2.80. The van der Waals surface area contributed by atoms with Crippen LogP contribution >= 0.6 is 11.6 Å². The van der Waals surface area contributed by atoms with Gasteiger partial charge in [-0.2, -0.15) is 0 Å². The van der Waals surface area contributed by atoms with E-state index < -0.39 is 11.8 Å². The highest BCUT2D eigenvalue weighted by atomic mass is 35.5. The average molecular weight is 329 g/mol. The van der Waals surface area contributed by atoms with Crippen LogP contribution in [-0.2, 0) is 9.59 Å². The Balaban J connectivity index is 1.97. The van der Waals surface area contributed by atoms with Crippen LogP contribution in [0.4, 0.5) is 5.69 Å². The number of anilines is 1. The molecule has 0 saturated carbocycles. The summed E-state index contributed by atoms with van der Waals surface area (Å²) >= 11 is 6.06. The summed E-state index contributed by atoms with van der Waals surface area (Å²) in [6, 6.07) is 11.5. The molecule has 2 N–H and O–H groups in total. The number of carbonyl (C=O) groups is 2. The second-order valence-corrected chi connectivity index (χ2v) is 5.54. The van der Waals surface area contributed by atoms with Gasteiger partial charge >= 0.3 is 0 Å². The van der Waals surface area contributed by atoms with Gasteiger partial charge in [0.05, 0.1) is 5.69 Å². The zero-order valence-corrected chi connectivity index (χ0v) is 13.0. The van der Waals surface area contributed by atoms with Gasteiger partial charge in [0, 0.05) is 10.6 Å². The molecule has 1 saturated heterocycles. The fourth-order valence-corrected chi connectivity index (χ4v) is 2.40. The molecule has 3 rings (SSSR count). The second kappa shape index (κ2) is 5.78. The number of nitrogens with one attached hydrogen (secondary N) is 1. The Hall–Kier alpha value is -2.79. The highest BCUT2D eigenvalue weighted by molar-refractivity contribution is 6.33. The lowest BCUT2D eigenvalue weighted by Crippen LogP contribution is -2.35. The Morgan fingerprint density at radius 1 is 1.17 bits per heavy atom. The molecule has 1 aliphatic rings. The van der Waals surface area contributed by atoms with Crippen molar-refractivity contribution in [3.63, 3.8) is 0 Å². The number of benzene rings is 2. The molecule has 0 radical (unpaired) electrons. The van der Waals surface area contributed by atoms with Crippen molar-refractivity contribution in [3.05, 3.63) is 64.2 Å². The third-order valence-electron chi connectivity index (χ3n) is 3.54. The fraction of sp³-hybridized carbons (Fsp3) is 0.0588. The van der Waals surface area contributed by atoms with Crippen molar-refractivity contribution in [1.82, 2.24) is 5.43 Å². The summed E-state index contributed by atoms with van der Waals surface area (Å²) < 4.78 is 0.